The summed E-state index contributed by atoms with van der Waals surface area (Å²) in [5.41, 5.74) is 7.59. The summed E-state index contributed by atoms with van der Waals surface area (Å²) in [4.78, 5) is 24.8. The molecule has 0 radical (unpaired) electrons. The van der Waals surface area contributed by atoms with Gasteiger partial charge < -0.3 is 35.0 Å². The van der Waals surface area contributed by atoms with Crippen LogP contribution in [0.1, 0.15) is 82.1 Å². The van der Waals surface area contributed by atoms with Crippen molar-refractivity contribution in [2.24, 2.45) is 10.8 Å². The SMILES string of the molecule is CO[C@H]1CC(C)(C)C(/C=C/C(C)=C/C=C/C(C)=C/C=C/C=C(C)/C=C/C=C(C)/C=C/C2=C(C)C(=O)[C@@H](O)CC2(C)C)=C(C)C1=O.OCC1OCC(O)C(O)C1O. The molecule has 4 unspecified atom stereocenters. The fourth-order valence-electron chi connectivity index (χ4n) is 6.81. The molecule has 0 aromatic rings. The van der Waals surface area contributed by atoms with Gasteiger partial charge in [-0.3, -0.25) is 9.59 Å². The highest BCUT2D eigenvalue weighted by Gasteiger charge is 2.39. The van der Waals surface area contributed by atoms with Gasteiger partial charge in [0.1, 0.15) is 36.6 Å². The van der Waals surface area contributed by atoms with Gasteiger partial charge in [-0.15, -0.1) is 0 Å². The van der Waals surface area contributed by atoms with Crippen LogP contribution in [0.25, 0.3) is 0 Å². The third kappa shape index (κ3) is 14.3. The van der Waals surface area contributed by atoms with E-state index in [1.807, 2.05) is 56.4 Å². The Labute approximate surface area is 334 Å². The van der Waals surface area contributed by atoms with E-state index in [-0.39, 0.29) is 41.7 Å². The minimum absolute atomic E-state index is 0.0521. The molecule has 9 nitrogen and oxygen atoms in total. The summed E-state index contributed by atoms with van der Waals surface area (Å²) in [6.07, 6.45) is 24.3. The van der Waals surface area contributed by atoms with Crippen molar-refractivity contribution in [1.82, 2.24) is 0 Å². The van der Waals surface area contributed by atoms with Crippen molar-refractivity contribution in [3.05, 3.63) is 130 Å². The van der Waals surface area contributed by atoms with Crippen molar-refractivity contribution in [3.63, 3.8) is 0 Å². The maximum atomic E-state index is 12.6. The third-order valence-corrected chi connectivity index (χ3v) is 10.4. The second-order valence-electron chi connectivity index (χ2n) is 16.2. The third-order valence-electron chi connectivity index (χ3n) is 10.4. The molecule has 9 heteroatoms. The molecule has 308 valence electrons. The number of allylic oxidation sites excluding steroid dienone is 20. The van der Waals surface area contributed by atoms with Gasteiger partial charge in [0.2, 0.25) is 0 Å². The highest BCUT2D eigenvalue weighted by molar-refractivity contribution is 6.01. The molecule has 56 heavy (non-hydrogen) atoms. The van der Waals surface area contributed by atoms with Gasteiger partial charge in [0.25, 0.3) is 0 Å². The zero-order valence-electron chi connectivity index (χ0n) is 35.2. The Morgan fingerprint density at radius 1 is 0.679 bits per heavy atom. The average molecular weight is 775 g/mol. The standard InChI is InChI=1S/C41H54O4.C6H12O5/c1-28(18-14-20-30(3)22-24-34-32(5)38(43)36(42)26-40(34,7)8)16-12-13-17-29(2)19-15-21-31(4)23-25-35-33(6)39(44)37(45-11)27-41(35,9)10;7-1-4-6(10)5(9)3(8)2-11-4/h12-25,36-37,42H,26-27H2,1-11H3;3-10H,1-2H2/b13-12+,18-14+,19-15+,24-22+,25-23+,28-16+,29-17+,30-20+,31-21+;/t36-,37-;/m0./s1. The van der Waals surface area contributed by atoms with E-state index in [0.717, 1.165) is 39.0 Å². The van der Waals surface area contributed by atoms with E-state index in [2.05, 4.69) is 91.0 Å². The summed E-state index contributed by atoms with van der Waals surface area (Å²) < 4.78 is 10.2. The van der Waals surface area contributed by atoms with E-state index in [1.54, 1.807) is 14.0 Å². The highest BCUT2D eigenvalue weighted by atomic mass is 16.5. The van der Waals surface area contributed by atoms with Crippen LogP contribution in [-0.4, -0.2) is 94.0 Å². The van der Waals surface area contributed by atoms with E-state index in [9.17, 15) is 14.7 Å². The molecule has 2 aliphatic carbocycles. The second-order valence-corrected chi connectivity index (χ2v) is 16.2. The van der Waals surface area contributed by atoms with Gasteiger partial charge in [0.05, 0.1) is 13.2 Å². The van der Waals surface area contributed by atoms with E-state index in [4.69, 9.17) is 29.9 Å². The second kappa shape index (κ2) is 22.2. The van der Waals surface area contributed by atoms with E-state index >= 15 is 0 Å². The van der Waals surface area contributed by atoms with Crippen LogP contribution in [0.2, 0.25) is 0 Å². The summed E-state index contributed by atoms with van der Waals surface area (Å²) >= 11 is 0. The summed E-state index contributed by atoms with van der Waals surface area (Å²) in [5.74, 6) is -0.0895. The molecule has 0 aromatic heterocycles. The molecule has 0 saturated carbocycles. The molecule has 0 amide bonds. The fourth-order valence-corrected chi connectivity index (χ4v) is 6.81. The van der Waals surface area contributed by atoms with Crippen molar-refractivity contribution in [2.45, 2.75) is 119 Å². The molecule has 3 aliphatic rings. The lowest BCUT2D eigenvalue weighted by Gasteiger charge is -2.36. The molecule has 0 bridgehead atoms. The van der Waals surface area contributed by atoms with Crippen molar-refractivity contribution in [2.75, 3.05) is 20.3 Å². The predicted octanol–water partition coefficient (Wildman–Crippen LogP) is 7.02. The number of ketones is 2. The minimum Gasteiger partial charge on any atom is -0.394 e. The van der Waals surface area contributed by atoms with Crippen LogP contribution in [0.3, 0.4) is 0 Å². The number of rotatable bonds is 12. The molecule has 1 saturated heterocycles. The molecular weight excluding hydrogens is 709 g/mol. The maximum Gasteiger partial charge on any atom is 0.187 e. The zero-order valence-corrected chi connectivity index (χ0v) is 35.2. The van der Waals surface area contributed by atoms with Crippen LogP contribution in [0.5, 0.6) is 0 Å². The normalized spacial score (nSPS) is 28.5. The van der Waals surface area contributed by atoms with Crippen LogP contribution in [0.15, 0.2) is 130 Å². The quantitative estimate of drug-likeness (QED) is 0.132. The summed E-state index contributed by atoms with van der Waals surface area (Å²) in [7, 11) is 1.60. The molecule has 6 atom stereocenters. The van der Waals surface area contributed by atoms with Gasteiger partial charge in [-0.25, -0.2) is 0 Å². The molecule has 3 rings (SSSR count). The first kappa shape index (κ1) is 48.3. The number of methoxy groups -OCH3 is 1. The topological polar surface area (TPSA) is 154 Å². The van der Waals surface area contributed by atoms with Gasteiger partial charge >= 0.3 is 0 Å². The smallest absolute Gasteiger partial charge is 0.187 e. The number of carbonyl (C=O) groups excluding carboxylic acids is 2. The van der Waals surface area contributed by atoms with Crippen LogP contribution in [0.4, 0.5) is 0 Å². The average Bonchev–Trinajstić information content (AvgIpc) is 3.13. The number of aliphatic hydroxyl groups excluding tert-OH is 5. The minimum atomic E-state index is -1.22. The van der Waals surface area contributed by atoms with Gasteiger partial charge in [-0.1, -0.05) is 135 Å². The highest BCUT2D eigenvalue weighted by Crippen LogP contribution is 2.41. The van der Waals surface area contributed by atoms with Crippen molar-refractivity contribution < 1.29 is 44.6 Å². The van der Waals surface area contributed by atoms with Crippen molar-refractivity contribution in [3.8, 4) is 0 Å². The molecule has 0 aromatic carbocycles. The predicted molar refractivity (Wildman–Crippen MR) is 225 cm³/mol. The monoisotopic (exact) mass is 774 g/mol. The van der Waals surface area contributed by atoms with Crippen LogP contribution in [-0.2, 0) is 19.1 Å². The number of hydrogen-bond donors (Lipinski definition) is 5. The number of ether oxygens (including phenoxy) is 2. The van der Waals surface area contributed by atoms with Crippen molar-refractivity contribution >= 4 is 11.6 Å². The Bertz CT molecular complexity index is 1730. The van der Waals surface area contributed by atoms with E-state index in [1.165, 1.54) is 0 Å². The van der Waals surface area contributed by atoms with Crippen LogP contribution < -0.4 is 0 Å². The molecular formula is C47H66O9. The fraction of sp³-hybridized carbons (Fsp3) is 0.489. The van der Waals surface area contributed by atoms with Gasteiger partial charge in [0, 0.05) is 7.11 Å². The molecule has 1 heterocycles. The van der Waals surface area contributed by atoms with E-state index < -0.39 is 30.5 Å². The largest absolute Gasteiger partial charge is 0.394 e. The lowest BCUT2D eigenvalue weighted by atomic mass is 9.71. The van der Waals surface area contributed by atoms with Gasteiger partial charge in [0.15, 0.2) is 11.6 Å². The van der Waals surface area contributed by atoms with Gasteiger partial charge in [-0.2, -0.15) is 0 Å². The molecule has 0 spiro atoms. The summed E-state index contributed by atoms with van der Waals surface area (Å²) in [6.45, 7) is 20.0. The summed E-state index contributed by atoms with van der Waals surface area (Å²) in [6, 6.07) is 0. The number of hydrogen-bond acceptors (Lipinski definition) is 9. The molecule has 5 N–H and O–H groups in total. The lowest BCUT2D eigenvalue weighted by molar-refractivity contribution is -0.195. The van der Waals surface area contributed by atoms with Crippen LogP contribution >= 0.6 is 0 Å². The number of Topliss-reactive ketones (excluding diaryl/α,β-unsaturated/α-hetero) is 2. The lowest BCUT2D eigenvalue weighted by Crippen LogP contribution is -2.53. The Balaban J connectivity index is 0.000000841. The first-order valence-electron chi connectivity index (χ1n) is 19.2. The van der Waals surface area contributed by atoms with Crippen molar-refractivity contribution in [1.29, 1.82) is 0 Å². The molecule has 1 fully saturated rings. The Kier molecular flexibility index (Phi) is 19.2. The Morgan fingerprint density at radius 2 is 1.11 bits per heavy atom. The van der Waals surface area contributed by atoms with E-state index in [0.29, 0.717) is 18.4 Å². The van der Waals surface area contributed by atoms with Gasteiger partial charge in [-0.05, 0) is 87.5 Å². The Hall–Kier alpha value is -3.80. The number of carbonyl (C=O) groups is 2. The number of aliphatic hydroxyl groups is 5. The first-order chi connectivity index (χ1) is 26.2. The first-order valence-corrected chi connectivity index (χ1v) is 19.2. The zero-order chi connectivity index (χ0) is 42.4. The maximum absolute atomic E-state index is 12.6. The molecule has 1 aliphatic heterocycles. The Morgan fingerprint density at radius 3 is 1.57 bits per heavy atom. The van der Waals surface area contributed by atoms with Crippen LogP contribution in [0, 0.1) is 10.8 Å². The summed E-state index contributed by atoms with van der Waals surface area (Å²) in [5, 5.41) is 45.7.